The number of nitrogens with zero attached hydrogens (tertiary/aromatic N) is 2. The van der Waals surface area contributed by atoms with E-state index in [1.165, 1.54) is 24.4 Å². The third-order valence-electron chi connectivity index (χ3n) is 2.71. The lowest BCUT2D eigenvalue weighted by atomic mass is 10.1. The molecule has 0 amide bonds. The van der Waals surface area contributed by atoms with Crippen LogP contribution in [0.25, 0.3) is 0 Å². The second kappa shape index (κ2) is 6.02. The molecule has 7 heteroatoms. The average molecular weight is 312 g/mol. The molecule has 0 saturated carbocycles. The quantitative estimate of drug-likeness (QED) is 0.922. The van der Waals surface area contributed by atoms with Crippen LogP contribution >= 0.6 is 11.6 Å². The Labute approximate surface area is 124 Å². The van der Waals surface area contributed by atoms with E-state index in [1.807, 2.05) is 6.07 Å². The maximum Gasteiger partial charge on any atom is 0.418 e. The molecule has 0 fully saturated rings. The summed E-state index contributed by atoms with van der Waals surface area (Å²) in [5, 5.41) is 11.4. The number of pyridine rings is 1. The van der Waals surface area contributed by atoms with E-state index in [0.717, 1.165) is 6.07 Å². The van der Waals surface area contributed by atoms with Gasteiger partial charge in [-0.2, -0.15) is 18.4 Å². The van der Waals surface area contributed by atoms with Crippen LogP contribution in [0, 0.1) is 11.3 Å². The predicted molar refractivity (Wildman–Crippen MR) is 72.7 cm³/mol. The molecule has 2 aromatic rings. The smallest absolute Gasteiger partial charge is 0.380 e. The van der Waals surface area contributed by atoms with Crippen LogP contribution in [-0.2, 0) is 12.7 Å². The summed E-state index contributed by atoms with van der Waals surface area (Å²) in [5.41, 5.74) is -0.0298. The third kappa shape index (κ3) is 3.86. The molecule has 0 spiro atoms. The maximum atomic E-state index is 12.9. The van der Waals surface area contributed by atoms with Gasteiger partial charge in [0.25, 0.3) is 0 Å². The zero-order chi connectivity index (χ0) is 15.5. The molecule has 1 N–H and O–H groups in total. The van der Waals surface area contributed by atoms with Gasteiger partial charge in [-0.05, 0) is 35.9 Å². The lowest BCUT2D eigenvalue weighted by molar-refractivity contribution is -0.136. The van der Waals surface area contributed by atoms with Crippen LogP contribution in [0.1, 0.15) is 16.8 Å². The predicted octanol–water partition coefficient (Wildman–Crippen LogP) is 4.24. The number of hydrogen-bond acceptors (Lipinski definition) is 3. The van der Waals surface area contributed by atoms with Crippen molar-refractivity contribution in [2.45, 2.75) is 12.7 Å². The van der Waals surface area contributed by atoms with Crippen molar-refractivity contribution in [3.8, 4) is 6.07 Å². The molecule has 0 aliphatic carbocycles. The molecule has 2 rings (SSSR count). The summed E-state index contributed by atoms with van der Waals surface area (Å²) in [6, 6.07) is 8.53. The molecule has 0 atom stereocenters. The topological polar surface area (TPSA) is 48.7 Å². The molecular formula is C14H9ClF3N3. The van der Waals surface area contributed by atoms with Crippen LogP contribution in [0.2, 0.25) is 5.02 Å². The molecule has 0 saturated heterocycles. The highest BCUT2D eigenvalue weighted by atomic mass is 35.5. The second-order valence-corrected chi connectivity index (χ2v) is 4.64. The van der Waals surface area contributed by atoms with Crippen LogP contribution in [0.15, 0.2) is 36.5 Å². The van der Waals surface area contributed by atoms with Crippen LogP contribution in [0.5, 0.6) is 0 Å². The Balaban J connectivity index is 2.22. The van der Waals surface area contributed by atoms with Crippen LogP contribution < -0.4 is 5.32 Å². The molecule has 1 aromatic carbocycles. The van der Waals surface area contributed by atoms with Crippen molar-refractivity contribution < 1.29 is 13.2 Å². The first-order chi connectivity index (χ1) is 9.90. The highest BCUT2D eigenvalue weighted by molar-refractivity contribution is 6.30. The van der Waals surface area contributed by atoms with E-state index in [9.17, 15) is 13.2 Å². The van der Waals surface area contributed by atoms with E-state index in [4.69, 9.17) is 16.9 Å². The van der Waals surface area contributed by atoms with Gasteiger partial charge in [-0.3, -0.25) is 0 Å². The minimum Gasteiger partial charge on any atom is -0.380 e. The molecule has 3 nitrogen and oxygen atoms in total. The highest BCUT2D eigenvalue weighted by Gasteiger charge is 2.33. The second-order valence-electron chi connectivity index (χ2n) is 4.20. The SMILES string of the molecule is N#Cc1cc(CNc2ccc(Cl)cc2C(F)(F)F)ccn1. The van der Waals surface area contributed by atoms with Gasteiger partial charge < -0.3 is 5.32 Å². The number of alkyl halides is 3. The summed E-state index contributed by atoms with van der Waals surface area (Å²) in [7, 11) is 0. The molecule has 108 valence electrons. The van der Waals surface area contributed by atoms with Gasteiger partial charge in [-0.25, -0.2) is 4.98 Å². The summed E-state index contributed by atoms with van der Waals surface area (Å²) in [6.45, 7) is 0.141. The minimum absolute atomic E-state index is 0.0172. The Bertz CT molecular complexity index is 693. The molecule has 0 aliphatic rings. The standard InChI is InChI=1S/C14H9ClF3N3/c15-10-1-2-13(12(6-10)14(16,17)18)21-8-9-3-4-20-11(5-9)7-19/h1-6,21H,8H2. The number of aromatic nitrogens is 1. The summed E-state index contributed by atoms with van der Waals surface area (Å²) < 4.78 is 38.8. The third-order valence-corrected chi connectivity index (χ3v) is 2.94. The normalized spacial score (nSPS) is 11.0. The maximum absolute atomic E-state index is 12.9. The van der Waals surface area contributed by atoms with Crippen molar-refractivity contribution in [1.82, 2.24) is 4.98 Å². The Morgan fingerprint density at radius 1 is 1.24 bits per heavy atom. The van der Waals surface area contributed by atoms with E-state index >= 15 is 0 Å². The van der Waals surface area contributed by atoms with Gasteiger partial charge in [0, 0.05) is 23.5 Å². The van der Waals surface area contributed by atoms with E-state index in [1.54, 1.807) is 6.07 Å². The largest absolute Gasteiger partial charge is 0.418 e. The molecule has 0 radical (unpaired) electrons. The number of hydrogen-bond donors (Lipinski definition) is 1. The summed E-state index contributed by atoms with van der Waals surface area (Å²) in [5.74, 6) is 0. The Hall–Kier alpha value is -2.26. The van der Waals surface area contributed by atoms with Gasteiger partial charge in [-0.1, -0.05) is 11.6 Å². The van der Waals surface area contributed by atoms with Crippen molar-refractivity contribution in [2.75, 3.05) is 5.32 Å². The van der Waals surface area contributed by atoms with Gasteiger partial charge >= 0.3 is 6.18 Å². The van der Waals surface area contributed by atoms with Gasteiger partial charge in [-0.15, -0.1) is 0 Å². The van der Waals surface area contributed by atoms with Crippen molar-refractivity contribution in [1.29, 1.82) is 5.26 Å². The van der Waals surface area contributed by atoms with E-state index < -0.39 is 11.7 Å². The number of nitrogens with one attached hydrogen (secondary N) is 1. The van der Waals surface area contributed by atoms with E-state index in [0.29, 0.717) is 5.56 Å². The zero-order valence-corrected chi connectivity index (χ0v) is 11.3. The molecule has 0 unspecified atom stereocenters. The van der Waals surface area contributed by atoms with Crippen molar-refractivity contribution in [2.24, 2.45) is 0 Å². The first kappa shape index (κ1) is 15.1. The van der Waals surface area contributed by atoms with Crippen molar-refractivity contribution in [3.63, 3.8) is 0 Å². The summed E-state index contributed by atoms with van der Waals surface area (Å²) in [4.78, 5) is 3.79. The van der Waals surface area contributed by atoms with E-state index in [-0.39, 0.29) is 22.9 Å². The van der Waals surface area contributed by atoms with Crippen LogP contribution in [0.4, 0.5) is 18.9 Å². The number of anilines is 1. The lowest BCUT2D eigenvalue weighted by Crippen LogP contribution is -2.11. The molecule has 0 bridgehead atoms. The van der Waals surface area contributed by atoms with Crippen molar-refractivity contribution >= 4 is 17.3 Å². The molecule has 0 aliphatic heterocycles. The summed E-state index contributed by atoms with van der Waals surface area (Å²) in [6.07, 6.45) is -3.06. The number of benzene rings is 1. The highest BCUT2D eigenvalue weighted by Crippen LogP contribution is 2.36. The number of halogens is 4. The Morgan fingerprint density at radius 3 is 2.67 bits per heavy atom. The number of nitriles is 1. The fraction of sp³-hybridized carbons (Fsp3) is 0.143. The molecule has 21 heavy (non-hydrogen) atoms. The average Bonchev–Trinajstić information content (AvgIpc) is 2.45. The van der Waals surface area contributed by atoms with Crippen molar-refractivity contribution in [3.05, 3.63) is 58.4 Å². The fourth-order valence-corrected chi connectivity index (χ4v) is 1.92. The number of rotatable bonds is 3. The van der Waals surface area contributed by atoms with Gasteiger partial charge in [0.1, 0.15) is 11.8 Å². The van der Waals surface area contributed by atoms with Gasteiger partial charge in [0.05, 0.1) is 5.56 Å². The first-order valence-corrected chi connectivity index (χ1v) is 6.23. The summed E-state index contributed by atoms with van der Waals surface area (Å²) >= 11 is 5.61. The van der Waals surface area contributed by atoms with Crippen LogP contribution in [-0.4, -0.2) is 4.98 Å². The van der Waals surface area contributed by atoms with Gasteiger partial charge in [0.15, 0.2) is 0 Å². The zero-order valence-electron chi connectivity index (χ0n) is 10.6. The fourth-order valence-electron chi connectivity index (χ4n) is 1.75. The first-order valence-electron chi connectivity index (χ1n) is 5.86. The molecule has 1 aromatic heterocycles. The van der Waals surface area contributed by atoms with E-state index in [2.05, 4.69) is 10.3 Å². The lowest BCUT2D eigenvalue weighted by Gasteiger charge is -2.15. The minimum atomic E-state index is -4.50. The van der Waals surface area contributed by atoms with Crippen LogP contribution in [0.3, 0.4) is 0 Å². The Morgan fingerprint density at radius 2 is 2.00 bits per heavy atom. The van der Waals surface area contributed by atoms with Gasteiger partial charge in [0.2, 0.25) is 0 Å². The Kier molecular flexibility index (Phi) is 4.34. The molecule has 1 heterocycles. The monoisotopic (exact) mass is 311 g/mol. The molecular weight excluding hydrogens is 303 g/mol.